The minimum atomic E-state index is -4.68. The van der Waals surface area contributed by atoms with E-state index in [2.05, 4.69) is 14.9 Å². The molecule has 0 aliphatic carbocycles. The maximum atomic E-state index is 13.1. The molecule has 1 fully saturated rings. The third-order valence-corrected chi connectivity index (χ3v) is 7.42. The molecule has 1 saturated heterocycles. The van der Waals surface area contributed by atoms with Gasteiger partial charge in [0.1, 0.15) is 6.04 Å². The van der Waals surface area contributed by atoms with Gasteiger partial charge in [0.25, 0.3) is 0 Å². The van der Waals surface area contributed by atoms with Crippen molar-refractivity contribution in [3.8, 4) is 0 Å². The van der Waals surface area contributed by atoms with E-state index >= 15 is 0 Å². The van der Waals surface area contributed by atoms with Crippen LogP contribution in [0.15, 0.2) is 53.4 Å². The van der Waals surface area contributed by atoms with Crippen molar-refractivity contribution < 1.29 is 26.4 Å². The Morgan fingerprint density at radius 3 is 2.48 bits per heavy atom. The second-order valence-corrected chi connectivity index (χ2v) is 10.4. The van der Waals surface area contributed by atoms with Gasteiger partial charge in [-0.15, -0.1) is 0 Å². The van der Waals surface area contributed by atoms with Gasteiger partial charge in [0.2, 0.25) is 15.9 Å². The molecule has 1 heterocycles. The number of halogens is 3. The van der Waals surface area contributed by atoms with Crippen molar-refractivity contribution in [2.75, 3.05) is 35.3 Å². The highest BCUT2D eigenvalue weighted by molar-refractivity contribution is 7.98. The van der Waals surface area contributed by atoms with Gasteiger partial charge in [-0.3, -0.25) is 4.79 Å². The number of sulfonamides is 1. The van der Waals surface area contributed by atoms with Gasteiger partial charge in [-0.2, -0.15) is 29.7 Å². The molecule has 2 N–H and O–H groups in total. The minimum absolute atomic E-state index is 0.178. The number of carbonyl (C=O) groups is 1. The van der Waals surface area contributed by atoms with Crippen molar-refractivity contribution in [2.45, 2.75) is 36.4 Å². The summed E-state index contributed by atoms with van der Waals surface area (Å²) in [5, 5.41) is 2.81. The Bertz CT molecular complexity index is 1070. The van der Waals surface area contributed by atoms with E-state index in [0.717, 1.165) is 49.8 Å². The summed E-state index contributed by atoms with van der Waals surface area (Å²) < 4.78 is 67.1. The molecule has 1 atom stereocenters. The van der Waals surface area contributed by atoms with E-state index in [4.69, 9.17) is 0 Å². The van der Waals surface area contributed by atoms with Gasteiger partial charge in [-0.05, 0) is 61.6 Å². The van der Waals surface area contributed by atoms with Crippen molar-refractivity contribution in [2.24, 2.45) is 0 Å². The third kappa shape index (κ3) is 6.64. The van der Waals surface area contributed by atoms with E-state index < -0.39 is 38.6 Å². The highest BCUT2D eigenvalue weighted by Crippen LogP contribution is 2.31. The number of benzene rings is 2. The quantitative estimate of drug-likeness (QED) is 0.534. The fraction of sp³-hybridized carbons (Fsp3) is 0.409. The number of hydrogen-bond donors (Lipinski definition) is 2. The van der Waals surface area contributed by atoms with Gasteiger partial charge >= 0.3 is 6.18 Å². The Hall–Kier alpha value is -2.24. The van der Waals surface area contributed by atoms with Gasteiger partial charge in [0.15, 0.2) is 0 Å². The van der Waals surface area contributed by atoms with Crippen molar-refractivity contribution in [3.05, 3.63) is 54.1 Å². The molecule has 0 bridgehead atoms. The zero-order valence-electron chi connectivity index (χ0n) is 18.1. The Morgan fingerprint density at radius 1 is 1.12 bits per heavy atom. The molecule has 1 aliphatic rings. The van der Waals surface area contributed by atoms with E-state index in [1.807, 2.05) is 18.4 Å². The number of carbonyl (C=O) groups excluding carboxylic acids is 1. The van der Waals surface area contributed by atoms with E-state index in [-0.39, 0.29) is 6.42 Å². The van der Waals surface area contributed by atoms with E-state index in [9.17, 15) is 26.4 Å². The number of amides is 1. The summed E-state index contributed by atoms with van der Waals surface area (Å²) in [7, 11) is -4.37. The van der Waals surface area contributed by atoms with Gasteiger partial charge in [0, 0.05) is 13.1 Å². The molecule has 2 aromatic rings. The largest absolute Gasteiger partial charge is 0.416 e. The maximum absolute atomic E-state index is 13.1. The summed E-state index contributed by atoms with van der Waals surface area (Å²) in [6, 6.07) is 9.60. The highest BCUT2D eigenvalue weighted by atomic mass is 32.2. The Labute approximate surface area is 196 Å². The van der Waals surface area contributed by atoms with Crippen molar-refractivity contribution in [1.82, 2.24) is 4.72 Å². The van der Waals surface area contributed by atoms with Crippen LogP contribution in [0.25, 0.3) is 0 Å². The van der Waals surface area contributed by atoms with Crippen LogP contribution in [0.3, 0.4) is 0 Å². The van der Waals surface area contributed by atoms with Crippen LogP contribution in [0.4, 0.5) is 24.5 Å². The van der Waals surface area contributed by atoms with Crippen molar-refractivity contribution >= 4 is 39.1 Å². The van der Waals surface area contributed by atoms with Gasteiger partial charge in [0.05, 0.1) is 21.8 Å². The number of nitrogens with one attached hydrogen (secondary N) is 2. The Morgan fingerprint density at radius 2 is 1.82 bits per heavy atom. The molecule has 11 heteroatoms. The van der Waals surface area contributed by atoms with Gasteiger partial charge in [-0.25, -0.2) is 8.42 Å². The first-order chi connectivity index (χ1) is 15.6. The lowest BCUT2D eigenvalue weighted by atomic mass is 10.2. The van der Waals surface area contributed by atoms with Crippen LogP contribution in [0.2, 0.25) is 0 Å². The number of hydrogen-bond acceptors (Lipinski definition) is 5. The molecular formula is C22H26F3N3O3S2. The van der Waals surface area contributed by atoms with Crippen LogP contribution >= 0.6 is 11.8 Å². The van der Waals surface area contributed by atoms with Crippen molar-refractivity contribution in [1.29, 1.82) is 0 Å². The standard InChI is InChI=1S/C22H26F3N3O3S2/c1-32-14-11-19(27-33(30,31)17-8-6-7-16(15-17)22(23,24)25)21(29)26-18-9-2-3-10-20(18)28-12-4-5-13-28/h2-3,6-10,15,19,27H,4-5,11-14H2,1H3,(H,26,29)/t19-/m0/s1. The zero-order valence-corrected chi connectivity index (χ0v) is 19.7. The fourth-order valence-electron chi connectivity index (χ4n) is 3.61. The summed E-state index contributed by atoms with van der Waals surface area (Å²) in [5.41, 5.74) is 0.347. The lowest BCUT2D eigenvalue weighted by molar-refractivity contribution is -0.137. The summed E-state index contributed by atoms with van der Waals surface area (Å²) in [6.07, 6.45) is -0.582. The number of nitrogens with zero attached hydrogens (tertiary/aromatic N) is 1. The normalized spacial score (nSPS) is 15.5. The maximum Gasteiger partial charge on any atom is 0.416 e. The first-order valence-corrected chi connectivity index (χ1v) is 13.3. The number of alkyl halides is 3. The SMILES string of the molecule is CSCC[C@H](NS(=O)(=O)c1cccc(C(F)(F)F)c1)C(=O)Nc1ccccc1N1CCCC1. The predicted octanol–water partition coefficient (Wildman–Crippen LogP) is 4.34. The van der Waals surface area contributed by atoms with Gasteiger partial charge < -0.3 is 10.2 Å². The molecule has 1 amide bonds. The van der Waals surface area contributed by atoms with Crippen LogP contribution in [-0.2, 0) is 21.0 Å². The first kappa shape index (κ1) is 25.4. The summed E-state index contributed by atoms with van der Waals surface area (Å²) in [4.78, 5) is 14.7. The van der Waals surface area contributed by atoms with Crippen LogP contribution < -0.4 is 14.9 Å². The molecule has 0 saturated carbocycles. The molecule has 33 heavy (non-hydrogen) atoms. The molecule has 1 aliphatic heterocycles. The molecule has 2 aromatic carbocycles. The monoisotopic (exact) mass is 501 g/mol. The summed E-state index contributed by atoms with van der Waals surface area (Å²) in [6.45, 7) is 1.73. The molecule has 0 radical (unpaired) electrons. The lowest BCUT2D eigenvalue weighted by Crippen LogP contribution is -2.44. The van der Waals surface area contributed by atoms with Crippen LogP contribution in [0.5, 0.6) is 0 Å². The average molecular weight is 502 g/mol. The first-order valence-electron chi connectivity index (χ1n) is 10.4. The highest BCUT2D eigenvalue weighted by Gasteiger charge is 2.33. The summed E-state index contributed by atoms with van der Waals surface area (Å²) >= 11 is 1.43. The molecule has 0 unspecified atom stereocenters. The molecule has 0 spiro atoms. The smallest absolute Gasteiger partial charge is 0.370 e. The predicted molar refractivity (Wildman–Crippen MR) is 125 cm³/mol. The molecule has 6 nitrogen and oxygen atoms in total. The number of rotatable bonds is 9. The van der Waals surface area contributed by atoms with Crippen LogP contribution in [0, 0.1) is 0 Å². The Kier molecular flexibility index (Phi) is 8.30. The second-order valence-electron chi connectivity index (χ2n) is 7.68. The topological polar surface area (TPSA) is 78.5 Å². The number of thioether (sulfide) groups is 1. The average Bonchev–Trinajstić information content (AvgIpc) is 3.31. The molecule has 0 aromatic heterocycles. The minimum Gasteiger partial charge on any atom is -0.370 e. The van der Waals surface area contributed by atoms with Crippen LogP contribution in [0.1, 0.15) is 24.8 Å². The zero-order chi connectivity index (χ0) is 24.1. The fourth-order valence-corrected chi connectivity index (χ4v) is 5.35. The third-order valence-electron chi connectivity index (χ3n) is 5.30. The van der Waals surface area contributed by atoms with Crippen molar-refractivity contribution in [3.63, 3.8) is 0 Å². The molecule has 180 valence electrons. The summed E-state index contributed by atoms with van der Waals surface area (Å²) in [5.74, 6) is -0.0806. The van der Waals surface area contributed by atoms with E-state index in [1.54, 1.807) is 12.1 Å². The molecule has 3 rings (SSSR count). The van der Waals surface area contributed by atoms with E-state index in [0.29, 0.717) is 17.5 Å². The number of para-hydroxylation sites is 2. The van der Waals surface area contributed by atoms with E-state index in [1.165, 1.54) is 11.8 Å². The number of anilines is 2. The van der Waals surface area contributed by atoms with Gasteiger partial charge in [-0.1, -0.05) is 18.2 Å². The Balaban J connectivity index is 1.82. The molecular weight excluding hydrogens is 475 g/mol. The lowest BCUT2D eigenvalue weighted by Gasteiger charge is -2.23. The van der Waals surface area contributed by atoms with Crippen LogP contribution in [-0.4, -0.2) is 45.5 Å². The second kappa shape index (κ2) is 10.8.